The molecule has 0 aromatic heterocycles. The SMILES string of the molecule is CN(C)CCNC(=O)C[C@H]1O[C@H](CNC(=O)Nc2ccccc2)[C@@H](O)[C@@H]1O. The fourth-order valence-corrected chi connectivity index (χ4v) is 2.73. The molecule has 1 aromatic carbocycles. The van der Waals surface area contributed by atoms with E-state index in [0.717, 1.165) is 0 Å². The molecule has 5 N–H and O–H groups in total. The molecule has 1 aromatic rings. The van der Waals surface area contributed by atoms with Gasteiger partial charge in [-0.2, -0.15) is 0 Å². The minimum Gasteiger partial charge on any atom is -0.388 e. The number of hydrogen-bond acceptors (Lipinski definition) is 6. The van der Waals surface area contributed by atoms with Crippen LogP contribution in [0.5, 0.6) is 0 Å². The largest absolute Gasteiger partial charge is 0.388 e. The van der Waals surface area contributed by atoms with E-state index in [-0.39, 0.29) is 18.9 Å². The maximum absolute atomic E-state index is 11.9. The van der Waals surface area contributed by atoms with Gasteiger partial charge in [-0.3, -0.25) is 4.79 Å². The van der Waals surface area contributed by atoms with Crippen LogP contribution in [-0.2, 0) is 9.53 Å². The van der Waals surface area contributed by atoms with Gasteiger partial charge in [0.2, 0.25) is 5.91 Å². The third kappa shape index (κ3) is 6.79. The van der Waals surface area contributed by atoms with Crippen LogP contribution in [-0.4, -0.2) is 85.2 Å². The van der Waals surface area contributed by atoms with Gasteiger partial charge < -0.3 is 35.8 Å². The van der Waals surface area contributed by atoms with Crippen molar-refractivity contribution in [3.63, 3.8) is 0 Å². The number of anilines is 1. The highest BCUT2D eigenvalue weighted by Gasteiger charge is 2.43. The van der Waals surface area contributed by atoms with E-state index in [1.807, 2.05) is 25.1 Å². The zero-order valence-corrected chi connectivity index (χ0v) is 15.6. The molecule has 9 heteroatoms. The van der Waals surface area contributed by atoms with E-state index in [0.29, 0.717) is 18.8 Å². The molecule has 0 unspecified atom stereocenters. The lowest BCUT2D eigenvalue weighted by Crippen LogP contribution is -2.41. The number of likely N-dealkylation sites (N-methyl/N-ethyl adjacent to an activating group) is 1. The van der Waals surface area contributed by atoms with Crippen molar-refractivity contribution in [3.8, 4) is 0 Å². The van der Waals surface area contributed by atoms with E-state index in [1.54, 1.807) is 24.3 Å². The first-order valence-electron chi connectivity index (χ1n) is 8.89. The number of carbonyl (C=O) groups excluding carboxylic acids is 2. The molecule has 1 aliphatic heterocycles. The summed E-state index contributed by atoms with van der Waals surface area (Å²) >= 11 is 0. The summed E-state index contributed by atoms with van der Waals surface area (Å²) in [7, 11) is 3.80. The summed E-state index contributed by atoms with van der Waals surface area (Å²) in [5, 5.41) is 28.2. The van der Waals surface area contributed by atoms with Crippen molar-refractivity contribution >= 4 is 17.6 Å². The quantitative estimate of drug-likeness (QED) is 0.409. The highest BCUT2D eigenvalue weighted by atomic mass is 16.5. The first-order valence-corrected chi connectivity index (χ1v) is 8.89. The predicted octanol–water partition coefficient (Wildman–Crippen LogP) is -0.635. The molecule has 2 rings (SSSR count). The summed E-state index contributed by atoms with van der Waals surface area (Å²) in [4.78, 5) is 25.8. The molecule has 1 heterocycles. The molecular weight excluding hydrogens is 352 g/mol. The van der Waals surface area contributed by atoms with Gasteiger partial charge in [-0.1, -0.05) is 18.2 Å². The minimum atomic E-state index is -1.19. The van der Waals surface area contributed by atoms with Crippen LogP contribution >= 0.6 is 0 Å². The lowest BCUT2D eigenvalue weighted by atomic mass is 10.1. The van der Waals surface area contributed by atoms with E-state index in [1.165, 1.54) is 0 Å². The fraction of sp³-hybridized carbons (Fsp3) is 0.556. The summed E-state index contributed by atoms with van der Waals surface area (Å²) < 4.78 is 5.57. The van der Waals surface area contributed by atoms with Gasteiger partial charge in [0.15, 0.2) is 0 Å². The molecule has 0 radical (unpaired) electrons. The van der Waals surface area contributed by atoms with Crippen LogP contribution in [0.2, 0.25) is 0 Å². The zero-order chi connectivity index (χ0) is 19.8. The molecule has 1 fully saturated rings. The third-order valence-corrected chi connectivity index (χ3v) is 4.22. The van der Waals surface area contributed by atoms with Crippen molar-refractivity contribution in [2.24, 2.45) is 0 Å². The summed E-state index contributed by atoms with van der Waals surface area (Å²) in [6.45, 7) is 1.20. The van der Waals surface area contributed by atoms with E-state index in [9.17, 15) is 19.8 Å². The predicted molar refractivity (Wildman–Crippen MR) is 100 cm³/mol. The Labute approximate surface area is 158 Å². The number of carbonyl (C=O) groups is 2. The highest BCUT2D eigenvalue weighted by Crippen LogP contribution is 2.23. The second-order valence-electron chi connectivity index (χ2n) is 6.75. The fourth-order valence-electron chi connectivity index (χ4n) is 2.73. The van der Waals surface area contributed by atoms with Gasteiger partial charge in [-0.25, -0.2) is 4.79 Å². The number of rotatable bonds is 8. The first-order chi connectivity index (χ1) is 12.9. The van der Waals surface area contributed by atoms with Crippen molar-refractivity contribution in [1.82, 2.24) is 15.5 Å². The van der Waals surface area contributed by atoms with Crippen LogP contribution in [0.4, 0.5) is 10.5 Å². The molecule has 0 aliphatic carbocycles. The van der Waals surface area contributed by atoms with Gasteiger partial charge in [-0.15, -0.1) is 0 Å². The van der Waals surface area contributed by atoms with E-state index >= 15 is 0 Å². The van der Waals surface area contributed by atoms with Gasteiger partial charge in [0, 0.05) is 25.3 Å². The summed E-state index contributed by atoms with van der Waals surface area (Å²) in [6, 6.07) is 8.47. The Kier molecular flexibility index (Phi) is 7.99. The summed E-state index contributed by atoms with van der Waals surface area (Å²) in [5.74, 6) is -0.261. The van der Waals surface area contributed by atoms with Crippen molar-refractivity contribution in [1.29, 1.82) is 0 Å². The van der Waals surface area contributed by atoms with Gasteiger partial charge in [-0.05, 0) is 26.2 Å². The van der Waals surface area contributed by atoms with Gasteiger partial charge in [0.05, 0.1) is 12.5 Å². The third-order valence-electron chi connectivity index (χ3n) is 4.22. The van der Waals surface area contributed by atoms with Gasteiger partial charge in [0.25, 0.3) is 0 Å². The first kappa shape index (κ1) is 21.1. The standard InChI is InChI=1S/C18H28N4O5/c1-22(2)9-8-19-15(23)10-13-16(24)17(25)14(27-13)11-20-18(26)21-12-6-4-3-5-7-12/h3-7,13-14,16-17,24-25H,8-11H2,1-2H3,(H,19,23)(H2,20,21,26)/t13-,14-,16-,17-/m1/s1. The maximum atomic E-state index is 11.9. The molecule has 0 spiro atoms. The summed E-state index contributed by atoms with van der Waals surface area (Å²) in [6.07, 6.45) is -4.03. The Hall–Kier alpha value is -2.20. The maximum Gasteiger partial charge on any atom is 0.319 e. The number of para-hydroxylation sites is 1. The Bertz CT molecular complexity index is 613. The van der Waals surface area contributed by atoms with E-state index in [2.05, 4.69) is 16.0 Å². The Morgan fingerprint density at radius 3 is 2.41 bits per heavy atom. The monoisotopic (exact) mass is 380 g/mol. The zero-order valence-electron chi connectivity index (χ0n) is 15.6. The lowest BCUT2D eigenvalue weighted by molar-refractivity contribution is -0.125. The van der Waals surface area contributed by atoms with E-state index < -0.39 is 30.4 Å². The molecule has 27 heavy (non-hydrogen) atoms. The second-order valence-corrected chi connectivity index (χ2v) is 6.75. The highest BCUT2D eigenvalue weighted by molar-refractivity contribution is 5.89. The number of hydrogen-bond donors (Lipinski definition) is 5. The van der Waals surface area contributed by atoms with E-state index in [4.69, 9.17) is 4.74 Å². The number of nitrogens with one attached hydrogen (secondary N) is 3. The molecule has 1 aliphatic rings. The van der Waals surface area contributed by atoms with Crippen LogP contribution in [0, 0.1) is 0 Å². The van der Waals surface area contributed by atoms with Crippen LogP contribution < -0.4 is 16.0 Å². The molecule has 9 nitrogen and oxygen atoms in total. The number of amides is 3. The number of benzene rings is 1. The normalized spacial score (nSPS) is 24.6. The molecule has 0 saturated carbocycles. The number of aliphatic hydroxyl groups excluding tert-OH is 2. The van der Waals surface area contributed by atoms with Gasteiger partial charge >= 0.3 is 6.03 Å². The van der Waals surface area contributed by atoms with Crippen LogP contribution in [0.25, 0.3) is 0 Å². The van der Waals surface area contributed by atoms with Crippen molar-refractivity contribution in [2.45, 2.75) is 30.8 Å². The molecule has 1 saturated heterocycles. The average Bonchev–Trinajstić information content (AvgIpc) is 2.88. The number of aliphatic hydroxyl groups is 2. The van der Waals surface area contributed by atoms with Crippen molar-refractivity contribution < 1.29 is 24.5 Å². The molecule has 3 amide bonds. The van der Waals surface area contributed by atoms with Gasteiger partial charge in [0.1, 0.15) is 18.3 Å². The molecule has 4 atom stereocenters. The number of urea groups is 1. The van der Waals surface area contributed by atoms with Crippen molar-refractivity contribution in [2.75, 3.05) is 39.0 Å². The minimum absolute atomic E-state index is 0.00957. The second kappa shape index (κ2) is 10.2. The van der Waals surface area contributed by atoms with Crippen molar-refractivity contribution in [3.05, 3.63) is 30.3 Å². The van der Waals surface area contributed by atoms with Crippen LogP contribution in [0.1, 0.15) is 6.42 Å². The molecule has 0 bridgehead atoms. The average molecular weight is 380 g/mol. The number of nitrogens with zero attached hydrogens (tertiary/aromatic N) is 1. The summed E-state index contributed by atoms with van der Waals surface area (Å²) in [5.41, 5.74) is 0.634. The molecule has 150 valence electrons. The van der Waals surface area contributed by atoms with Crippen LogP contribution in [0.3, 0.4) is 0 Å². The molecular formula is C18H28N4O5. The number of ether oxygens (including phenoxy) is 1. The van der Waals surface area contributed by atoms with Crippen LogP contribution in [0.15, 0.2) is 30.3 Å². The Morgan fingerprint density at radius 1 is 1.07 bits per heavy atom. The lowest BCUT2D eigenvalue weighted by Gasteiger charge is -2.16. The Morgan fingerprint density at radius 2 is 1.74 bits per heavy atom. The Balaban J connectivity index is 1.75. The topological polar surface area (TPSA) is 123 Å². The smallest absolute Gasteiger partial charge is 0.319 e.